The molecule has 2 heterocycles. The van der Waals surface area contributed by atoms with Gasteiger partial charge >= 0.3 is 0 Å². The topological polar surface area (TPSA) is 68.8 Å². The van der Waals surface area contributed by atoms with Gasteiger partial charge in [-0.2, -0.15) is 4.68 Å². The molecule has 0 unspecified atom stereocenters. The summed E-state index contributed by atoms with van der Waals surface area (Å²) >= 11 is 7.58. The van der Waals surface area contributed by atoms with Crippen LogP contribution in [0.25, 0.3) is 17.0 Å². The van der Waals surface area contributed by atoms with Crippen LogP contribution < -0.4 is 17.7 Å². The standard InChI is InChI=1S/C21H20ClN5OS.ClH/c22-17-9-7-16(8-10-17)20-12-11-19(28-20)15-23-13-4-14-29-21-24-25-26-27(21)18-5-2-1-3-6-18;/h1-3,5-12,23H,4,13-15H2;1H/p-1. The Bertz CT molecular complexity index is 1040. The molecule has 0 fully saturated rings. The van der Waals surface area contributed by atoms with Crippen molar-refractivity contribution in [2.24, 2.45) is 0 Å². The Labute approximate surface area is 190 Å². The number of hydrogen-bond donors (Lipinski definition) is 1. The van der Waals surface area contributed by atoms with Crippen LogP contribution in [0.2, 0.25) is 5.02 Å². The number of furan rings is 1. The molecule has 0 aliphatic carbocycles. The van der Waals surface area contributed by atoms with E-state index in [-0.39, 0.29) is 12.4 Å². The van der Waals surface area contributed by atoms with Gasteiger partial charge in [0.2, 0.25) is 5.16 Å². The van der Waals surface area contributed by atoms with Crippen LogP contribution in [-0.4, -0.2) is 32.5 Å². The molecule has 0 atom stereocenters. The van der Waals surface area contributed by atoms with Crippen molar-refractivity contribution < 1.29 is 16.8 Å². The van der Waals surface area contributed by atoms with E-state index < -0.39 is 0 Å². The van der Waals surface area contributed by atoms with E-state index in [1.807, 2.05) is 66.7 Å². The third-order valence-electron chi connectivity index (χ3n) is 4.26. The number of benzene rings is 2. The first kappa shape index (κ1) is 22.4. The van der Waals surface area contributed by atoms with Crippen LogP contribution in [0, 0.1) is 0 Å². The van der Waals surface area contributed by atoms with Gasteiger partial charge in [-0.25, -0.2) is 0 Å². The number of thioether (sulfide) groups is 1. The summed E-state index contributed by atoms with van der Waals surface area (Å²) in [6.07, 6.45) is 0.997. The number of halogens is 2. The van der Waals surface area contributed by atoms with Crippen LogP contribution in [0.15, 0.2) is 76.3 Å². The molecular weight excluding hydrogens is 441 g/mol. The summed E-state index contributed by atoms with van der Waals surface area (Å²) in [6, 6.07) is 21.5. The molecule has 0 saturated heterocycles. The van der Waals surface area contributed by atoms with E-state index >= 15 is 0 Å². The van der Waals surface area contributed by atoms with Crippen LogP contribution in [0.5, 0.6) is 0 Å². The van der Waals surface area contributed by atoms with E-state index in [2.05, 4.69) is 20.8 Å². The maximum atomic E-state index is 5.93. The zero-order chi connectivity index (χ0) is 19.9. The average molecular weight is 461 g/mol. The molecule has 0 radical (unpaired) electrons. The first-order chi connectivity index (χ1) is 14.3. The molecule has 9 heteroatoms. The summed E-state index contributed by atoms with van der Waals surface area (Å²) < 4.78 is 7.66. The number of aromatic nitrogens is 4. The molecule has 0 bridgehead atoms. The summed E-state index contributed by atoms with van der Waals surface area (Å²) in [7, 11) is 0. The second-order valence-electron chi connectivity index (χ2n) is 6.36. The second kappa shape index (κ2) is 11.2. The molecule has 6 nitrogen and oxygen atoms in total. The van der Waals surface area contributed by atoms with Gasteiger partial charge in [-0.15, -0.1) is 5.10 Å². The fourth-order valence-electron chi connectivity index (χ4n) is 2.81. The van der Waals surface area contributed by atoms with Gasteiger partial charge in [0, 0.05) is 16.3 Å². The van der Waals surface area contributed by atoms with Crippen molar-refractivity contribution in [3.05, 3.63) is 77.5 Å². The third kappa shape index (κ3) is 5.86. The molecule has 0 amide bonds. The lowest BCUT2D eigenvalue weighted by Crippen LogP contribution is -3.00. The van der Waals surface area contributed by atoms with E-state index in [1.165, 1.54) is 0 Å². The molecule has 1 N–H and O–H groups in total. The molecule has 2 aromatic carbocycles. The van der Waals surface area contributed by atoms with Crippen LogP contribution >= 0.6 is 23.4 Å². The fraction of sp³-hybridized carbons (Fsp3) is 0.190. The van der Waals surface area contributed by atoms with Crippen molar-refractivity contribution >= 4 is 23.4 Å². The minimum absolute atomic E-state index is 0. The van der Waals surface area contributed by atoms with Gasteiger partial charge in [0.15, 0.2) is 0 Å². The van der Waals surface area contributed by atoms with Crippen molar-refractivity contribution in [3.63, 3.8) is 0 Å². The Balaban J connectivity index is 0.00000256. The molecule has 4 rings (SSSR count). The van der Waals surface area contributed by atoms with Crippen LogP contribution in [0.4, 0.5) is 0 Å². The summed E-state index contributed by atoms with van der Waals surface area (Å²) in [6.45, 7) is 1.58. The lowest BCUT2D eigenvalue weighted by molar-refractivity contribution is -0.00000638. The highest BCUT2D eigenvalue weighted by Crippen LogP contribution is 2.24. The highest BCUT2D eigenvalue weighted by molar-refractivity contribution is 7.99. The molecule has 156 valence electrons. The van der Waals surface area contributed by atoms with Gasteiger partial charge in [0.1, 0.15) is 11.5 Å². The molecule has 2 aromatic heterocycles. The molecule has 0 spiro atoms. The largest absolute Gasteiger partial charge is 1.00 e. The third-order valence-corrected chi connectivity index (χ3v) is 5.52. The number of nitrogens with one attached hydrogen (secondary N) is 1. The summed E-state index contributed by atoms with van der Waals surface area (Å²) in [5.41, 5.74) is 1.99. The Morgan fingerprint density at radius 2 is 1.80 bits per heavy atom. The smallest absolute Gasteiger partial charge is 0.214 e. The summed E-state index contributed by atoms with van der Waals surface area (Å²) in [5, 5.41) is 16.9. The molecule has 30 heavy (non-hydrogen) atoms. The Morgan fingerprint density at radius 3 is 2.60 bits per heavy atom. The van der Waals surface area contributed by atoms with Crippen LogP contribution in [-0.2, 0) is 6.54 Å². The number of para-hydroxylation sites is 1. The molecule has 4 aromatic rings. The average Bonchev–Trinajstić information content (AvgIpc) is 3.41. The Hall–Kier alpha value is -2.32. The number of rotatable bonds is 9. The first-order valence-corrected chi connectivity index (χ1v) is 10.7. The summed E-state index contributed by atoms with van der Waals surface area (Å²) in [5.74, 6) is 2.69. The molecule has 0 aliphatic heterocycles. The van der Waals surface area contributed by atoms with Crippen molar-refractivity contribution in [2.75, 3.05) is 12.3 Å². The maximum Gasteiger partial charge on any atom is 0.214 e. The second-order valence-corrected chi connectivity index (χ2v) is 7.86. The minimum Gasteiger partial charge on any atom is -1.00 e. The molecule has 0 saturated carbocycles. The zero-order valence-electron chi connectivity index (χ0n) is 16.0. The monoisotopic (exact) mass is 460 g/mol. The van der Waals surface area contributed by atoms with Gasteiger partial charge in [-0.05, 0) is 71.9 Å². The lowest BCUT2D eigenvalue weighted by atomic mass is 10.2. The SMILES string of the molecule is Clc1ccc(-c2ccc(CNCCCSc3nnnn3-c3ccccc3)o2)cc1.[Cl-]. The Morgan fingerprint density at radius 1 is 1.00 bits per heavy atom. The van der Waals surface area contributed by atoms with E-state index in [9.17, 15) is 0 Å². The van der Waals surface area contributed by atoms with E-state index in [1.54, 1.807) is 16.4 Å². The van der Waals surface area contributed by atoms with Gasteiger partial charge in [0.05, 0.1) is 12.2 Å². The van der Waals surface area contributed by atoms with E-state index in [4.69, 9.17) is 16.0 Å². The Kier molecular flexibility index (Phi) is 8.33. The van der Waals surface area contributed by atoms with Gasteiger partial charge in [-0.3, -0.25) is 0 Å². The predicted molar refractivity (Wildman–Crippen MR) is 115 cm³/mol. The predicted octanol–water partition coefficient (Wildman–Crippen LogP) is 1.85. The first-order valence-electron chi connectivity index (χ1n) is 9.31. The maximum absolute atomic E-state index is 5.93. The van der Waals surface area contributed by atoms with Crippen molar-refractivity contribution in [1.82, 2.24) is 25.5 Å². The van der Waals surface area contributed by atoms with Crippen LogP contribution in [0.3, 0.4) is 0 Å². The molecule has 0 aliphatic rings. The van der Waals surface area contributed by atoms with Crippen molar-refractivity contribution in [2.45, 2.75) is 18.1 Å². The lowest BCUT2D eigenvalue weighted by Gasteiger charge is -2.05. The van der Waals surface area contributed by atoms with E-state index in [0.29, 0.717) is 6.54 Å². The van der Waals surface area contributed by atoms with Gasteiger partial charge in [-0.1, -0.05) is 41.6 Å². The van der Waals surface area contributed by atoms with Crippen molar-refractivity contribution in [1.29, 1.82) is 0 Å². The fourth-order valence-corrected chi connectivity index (χ4v) is 3.77. The highest BCUT2D eigenvalue weighted by atomic mass is 35.5. The highest BCUT2D eigenvalue weighted by Gasteiger charge is 2.08. The number of tetrazole rings is 1. The minimum atomic E-state index is 0. The van der Waals surface area contributed by atoms with E-state index in [0.717, 1.165) is 51.7 Å². The number of hydrogen-bond acceptors (Lipinski definition) is 6. The zero-order valence-corrected chi connectivity index (χ0v) is 18.4. The quantitative estimate of drug-likeness (QED) is 0.303. The number of nitrogens with zero attached hydrogens (tertiary/aromatic N) is 4. The summed E-state index contributed by atoms with van der Waals surface area (Å²) in [4.78, 5) is 0. The molecular formula is C21H20Cl2N5OS-. The van der Waals surface area contributed by atoms with Crippen LogP contribution in [0.1, 0.15) is 12.2 Å². The normalized spacial score (nSPS) is 10.7. The van der Waals surface area contributed by atoms with Gasteiger partial charge < -0.3 is 22.1 Å². The van der Waals surface area contributed by atoms with Gasteiger partial charge in [0.25, 0.3) is 0 Å². The van der Waals surface area contributed by atoms with Crippen molar-refractivity contribution in [3.8, 4) is 17.0 Å².